The van der Waals surface area contributed by atoms with E-state index in [2.05, 4.69) is 9.89 Å². The first kappa shape index (κ1) is 13.4. The van der Waals surface area contributed by atoms with Crippen molar-refractivity contribution in [1.82, 2.24) is 4.90 Å². The van der Waals surface area contributed by atoms with Gasteiger partial charge in [0.15, 0.2) is 5.96 Å². The van der Waals surface area contributed by atoms with Crippen LogP contribution in [0.25, 0.3) is 0 Å². The van der Waals surface area contributed by atoms with Crippen LogP contribution in [0, 0.1) is 5.92 Å². The van der Waals surface area contributed by atoms with Crippen LogP contribution in [0.3, 0.4) is 0 Å². The second-order valence-electron chi connectivity index (χ2n) is 4.10. The topological polar surface area (TPSA) is 41.6 Å². The lowest BCUT2D eigenvalue weighted by Crippen LogP contribution is -2.43. The summed E-state index contributed by atoms with van der Waals surface area (Å²) in [5.41, 5.74) is 5.94. The van der Waals surface area contributed by atoms with E-state index in [0.29, 0.717) is 0 Å². The Morgan fingerprint density at radius 2 is 2.00 bits per heavy atom. The average molecular weight is 341 g/mol. The van der Waals surface area contributed by atoms with Crippen LogP contribution in [0.5, 0.6) is 0 Å². The van der Waals surface area contributed by atoms with Crippen LogP contribution < -0.4 is 5.73 Å². The zero-order chi connectivity index (χ0) is 9.80. The van der Waals surface area contributed by atoms with Crippen LogP contribution in [0.1, 0.15) is 19.3 Å². The van der Waals surface area contributed by atoms with Gasteiger partial charge in [-0.05, 0) is 18.8 Å². The number of thioether (sulfide) groups is 1. The van der Waals surface area contributed by atoms with E-state index in [1.54, 1.807) is 0 Å². The highest BCUT2D eigenvalue weighted by molar-refractivity contribution is 14.0. The van der Waals surface area contributed by atoms with E-state index in [9.17, 15) is 0 Å². The number of hydrogen-bond acceptors (Lipinski definition) is 2. The molecule has 0 unspecified atom stereocenters. The van der Waals surface area contributed by atoms with E-state index in [1.807, 2.05) is 11.8 Å². The molecule has 3 nitrogen and oxygen atoms in total. The Balaban J connectivity index is 0.00000112. The Bertz CT molecular complexity index is 213. The summed E-state index contributed by atoms with van der Waals surface area (Å²) in [6, 6.07) is 0. The number of hydrogen-bond donors (Lipinski definition) is 1. The molecule has 1 aliphatic carbocycles. The summed E-state index contributed by atoms with van der Waals surface area (Å²) in [7, 11) is 0. The van der Waals surface area contributed by atoms with Crippen molar-refractivity contribution in [2.24, 2.45) is 16.6 Å². The van der Waals surface area contributed by atoms with Crippen molar-refractivity contribution in [3.8, 4) is 0 Å². The highest BCUT2D eigenvalue weighted by Crippen LogP contribution is 2.26. The minimum atomic E-state index is 0. The van der Waals surface area contributed by atoms with Gasteiger partial charge >= 0.3 is 0 Å². The molecule has 1 heterocycles. The Morgan fingerprint density at radius 3 is 2.53 bits per heavy atom. The molecule has 0 amide bonds. The SMILES string of the molecule is I.NC(=NCC1CCC1)N1CCSCC1. The van der Waals surface area contributed by atoms with Gasteiger partial charge in [0.25, 0.3) is 0 Å². The lowest BCUT2D eigenvalue weighted by Gasteiger charge is -2.28. The average Bonchev–Trinajstić information content (AvgIpc) is 2.16. The third kappa shape index (κ3) is 4.01. The maximum Gasteiger partial charge on any atom is 0.191 e. The summed E-state index contributed by atoms with van der Waals surface area (Å²) in [6.45, 7) is 3.10. The van der Waals surface area contributed by atoms with Crippen molar-refractivity contribution in [2.45, 2.75) is 19.3 Å². The molecule has 0 aromatic heterocycles. The maximum absolute atomic E-state index is 5.94. The monoisotopic (exact) mass is 341 g/mol. The first-order valence-corrected chi connectivity index (χ1v) is 6.64. The molecule has 2 rings (SSSR count). The van der Waals surface area contributed by atoms with E-state index in [-0.39, 0.29) is 24.0 Å². The molecule has 0 spiro atoms. The number of nitrogens with two attached hydrogens (primary N) is 1. The molecule has 1 saturated carbocycles. The van der Waals surface area contributed by atoms with Crippen LogP contribution in [0.2, 0.25) is 0 Å². The van der Waals surface area contributed by atoms with E-state index >= 15 is 0 Å². The van der Waals surface area contributed by atoms with Gasteiger partial charge < -0.3 is 10.6 Å². The van der Waals surface area contributed by atoms with Gasteiger partial charge in [-0.2, -0.15) is 11.8 Å². The predicted octanol–water partition coefficient (Wildman–Crippen LogP) is 1.77. The summed E-state index contributed by atoms with van der Waals surface area (Å²) in [6.07, 6.45) is 4.10. The molecule has 0 bridgehead atoms. The molecule has 0 atom stereocenters. The summed E-state index contributed by atoms with van der Waals surface area (Å²) < 4.78 is 0. The summed E-state index contributed by atoms with van der Waals surface area (Å²) >= 11 is 2.00. The normalized spacial score (nSPS) is 23.2. The van der Waals surface area contributed by atoms with Crippen LogP contribution >= 0.6 is 35.7 Å². The zero-order valence-corrected chi connectivity index (χ0v) is 12.2. The molecule has 0 aromatic carbocycles. The van der Waals surface area contributed by atoms with Crippen molar-refractivity contribution in [1.29, 1.82) is 0 Å². The van der Waals surface area contributed by atoms with E-state index in [0.717, 1.165) is 31.5 Å². The molecular weight excluding hydrogens is 321 g/mol. The van der Waals surface area contributed by atoms with Crippen LogP contribution in [0.15, 0.2) is 4.99 Å². The van der Waals surface area contributed by atoms with Crippen molar-refractivity contribution >= 4 is 41.7 Å². The first-order chi connectivity index (χ1) is 6.86. The van der Waals surface area contributed by atoms with E-state index in [1.165, 1.54) is 30.8 Å². The van der Waals surface area contributed by atoms with Gasteiger partial charge in [0.2, 0.25) is 0 Å². The lowest BCUT2D eigenvalue weighted by molar-refractivity contribution is 0.324. The fourth-order valence-corrected chi connectivity index (χ4v) is 2.69. The molecule has 2 N–H and O–H groups in total. The highest BCUT2D eigenvalue weighted by Gasteiger charge is 2.17. The predicted molar refractivity (Wildman–Crippen MR) is 78.1 cm³/mol. The smallest absolute Gasteiger partial charge is 0.191 e. The highest BCUT2D eigenvalue weighted by atomic mass is 127. The molecule has 1 saturated heterocycles. The van der Waals surface area contributed by atoms with Gasteiger partial charge in [-0.15, -0.1) is 24.0 Å². The number of aliphatic imine (C=N–C) groups is 1. The van der Waals surface area contributed by atoms with Gasteiger partial charge in [0.05, 0.1) is 0 Å². The van der Waals surface area contributed by atoms with Crippen LogP contribution in [0.4, 0.5) is 0 Å². The minimum Gasteiger partial charge on any atom is -0.370 e. The number of nitrogens with zero attached hydrogens (tertiary/aromatic N) is 2. The third-order valence-electron chi connectivity index (χ3n) is 3.07. The number of rotatable bonds is 2. The largest absolute Gasteiger partial charge is 0.370 e. The molecule has 2 aliphatic rings. The molecular formula is C10H20IN3S. The third-order valence-corrected chi connectivity index (χ3v) is 4.01. The second-order valence-corrected chi connectivity index (χ2v) is 5.32. The molecule has 1 aliphatic heterocycles. The summed E-state index contributed by atoms with van der Waals surface area (Å²) in [4.78, 5) is 6.70. The standard InChI is InChI=1S/C10H19N3S.HI/c11-10(12-8-9-2-1-3-9)13-4-6-14-7-5-13;/h9H,1-8H2,(H2,11,12);1H. The van der Waals surface area contributed by atoms with Gasteiger partial charge in [-0.1, -0.05) is 6.42 Å². The Kier molecular flexibility index (Phi) is 6.11. The van der Waals surface area contributed by atoms with Crippen molar-refractivity contribution < 1.29 is 0 Å². The number of halogens is 1. The molecule has 0 radical (unpaired) electrons. The Morgan fingerprint density at radius 1 is 1.33 bits per heavy atom. The Labute approximate surface area is 113 Å². The fraction of sp³-hybridized carbons (Fsp3) is 0.900. The van der Waals surface area contributed by atoms with Gasteiger partial charge in [-0.25, -0.2) is 0 Å². The number of guanidine groups is 1. The molecule has 5 heteroatoms. The van der Waals surface area contributed by atoms with Crippen LogP contribution in [-0.4, -0.2) is 42.0 Å². The minimum absolute atomic E-state index is 0. The molecule has 0 aromatic rings. The second kappa shape index (κ2) is 6.83. The first-order valence-electron chi connectivity index (χ1n) is 5.49. The lowest BCUT2D eigenvalue weighted by atomic mass is 9.86. The maximum atomic E-state index is 5.94. The van der Waals surface area contributed by atoms with Crippen molar-refractivity contribution in [2.75, 3.05) is 31.1 Å². The van der Waals surface area contributed by atoms with Crippen molar-refractivity contribution in [3.05, 3.63) is 0 Å². The molecule has 15 heavy (non-hydrogen) atoms. The van der Waals surface area contributed by atoms with Crippen molar-refractivity contribution in [3.63, 3.8) is 0 Å². The molecule has 2 fully saturated rings. The van der Waals surface area contributed by atoms with Gasteiger partial charge in [0.1, 0.15) is 0 Å². The summed E-state index contributed by atoms with van der Waals surface area (Å²) in [5.74, 6) is 3.99. The Hall–Kier alpha value is 0.350. The summed E-state index contributed by atoms with van der Waals surface area (Å²) in [5, 5.41) is 0. The fourth-order valence-electron chi connectivity index (χ4n) is 1.79. The van der Waals surface area contributed by atoms with Gasteiger partial charge in [-0.3, -0.25) is 4.99 Å². The van der Waals surface area contributed by atoms with E-state index < -0.39 is 0 Å². The zero-order valence-electron chi connectivity index (χ0n) is 9.02. The van der Waals surface area contributed by atoms with E-state index in [4.69, 9.17) is 5.73 Å². The van der Waals surface area contributed by atoms with Gasteiger partial charge in [0, 0.05) is 31.1 Å². The molecule has 88 valence electrons. The quantitative estimate of drug-likeness (QED) is 0.473. The van der Waals surface area contributed by atoms with Crippen LogP contribution in [-0.2, 0) is 0 Å².